The molecule has 3 aromatic rings. The largest absolute Gasteiger partial charge is 1.00 e. The van der Waals surface area contributed by atoms with Gasteiger partial charge < -0.3 is 11.8 Å². The van der Waals surface area contributed by atoms with Gasteiger partial charge in [-0.05, 0) is 19.4 Å². The van der Waals surface area contributed by atoms with Crippen molar-refractivity contribution in [3.8, 4) is 0 Å². The van der Waals surface area contributed by atoms with Crippen LogP contribution < -0.4 is 39.7 Å². The van der Waals surface area contributed by atoms with Crippen molar-refractivity contribution < 1.29 is 36.1 Å². The molecule has 0 radical (unpaired) electrons. The summed E-state index contributed by atoms with van der Waals surface area (Å²) in [6.45, 7) is 3.24. The second kappa shape index (κ2) is 7.99. The van der Waals surface area contributed by atoms with Crippen molar-refractivity contribution in [3.63, 3.8) is 0 Å². The summed E-state index contributed by atoms with van der Waals surface area (Å²) in [7, 11) is 0. The zero-order valence-corrected chi connectivity index (χ0v) is 17.3. The maximum atomic E-state index is 11.6. The number of thiazole rings is 1. The molecule has 0 spiro atoms. The smallest absolute Gasteiger partial charge is 1.00 e. The van der Waals surface area contributed by atoms with E-state index in [0.717, 1.165) is 22.7 Å². The molecule has 0 atom stereocenters. The molecule has 6 nitrogen and oxygen atoms in total. The first kappa shape index (κ1) is 19.4. The van der Waals surface area contributed by atoms with Gasteiger partial charge in [0, 0.05) is 5.75 Å². The van der Waals surface area contributed by atoms with Crippen molar-refractivity contribution >= 4 is 39.3 Å². The number of thioether (sulfide) groups is 1. The van der Waals surface area contributed by atoms with E-state index in [0.29, 0.717) is 21.3 Å². The molecule has 0 amide bonds. The summed E-state index contributed by atoms with van der Waals surface area (Å²) >= 11 is 2.50. The van der Waals surface area contributed by atoms with E-state index in [-0.39, 0.29) is 35.9 Å². The molecule has 122 valence electrons. The minimum Gasteiger partial charge on any atom is -1.00 e. The van der Waals surface area contributed by atoms with E-state index in [2.05, 4.69) is 20.3 Å². The minimum atomic E-state index is -1.14. The van der Waals surface area contributed by atoms with Crippen molar-refractivity contribution in [1.29, 1.82) is 0 Å². The van der Waals surface area contributed by atoms with Crippen LogP contribution in [-0.4, -0.2) is 25.8 Å². The van der Waals surface area contributed by atoms with E-state index in [4.69, 9.17) is 0 Å². The van der Waals surface area contributed by atoms with Crippen LogP contribution in [0.15, 0.2) is 40.3 Å². The zero-order chi connectivity index (χ0) is 16.4. The Hall–Kier alpha value is -0.900. The number of aliphatic hydroxyl groups is 1. The van der Waals surface area contributed by atoms with E-state index in [1.54, 1.807) is 13.8 Å². The third-order valence-corrected chi connectivity index (χ3v) is 4.69. The number of aromatic amines is 1. The third-order valence-electron chi connectivity index (χ3n) is 2.90. The van der Waals surface area contributed by atoms with E-state index < -0.39 is 5.72 Å². The van der Waals surface area contributed by atoms with Crippen LogP contribution >= 0.6 is 23.1 Å². The summed E-state index contributed by atoms with van der Waals surface area (Å²) in [6.07, 6.45) is 0. The minimum absolute atomic E-state index is 0. The Morgan fingerprint density at radius 3 is 2.71 bits per heavy atom. The van der Waals surface area contributed by atoms with Gasteiger partial charge in [0.15, 0.2) is 16.6 Å². The molecular formula is C15H17N4NaO2S2. The molecule has 0 unspecified atom stereocenters. The Bertz CT molecular complexity index is 881. The summed E-state index contributed by atoms with van der Waals surface area (Å²) in [6, 6.07) is 10.0. The molecule has 2 heterocycles. The average molecular weight is 372 g/mol. The first-order valence-electron chi connectivity index (χ1n) is 6.99. The molecule has 0 aliphatic heterocycles. The van der Waals surface area contributed by atoms with Gasteiger partial charge in [0.2, 0.25) is 0 Å². The van der Waals surface area contributed by atoms with Crippen LogP contribution in [0.2, 0.25) is 0 Å². The molecule has 9 heteroatoms. The van der Waals surface area contributed by atoms with Gasteiger partial charge >= 0.3 is 34.4 Å². The Labute approximate surface area is 170 Å². The van der Waals surface area contributed by atoms with Crippen molar-refractivity contribution in [2.45, 2.75) is 30.5 Å². The van der Waals surface area contributed by atoms with Crippen LogP contribution in [0, 0.1) is 0 Å². The molecule has 0 aliphatic carbocycles. The molecule has 24 heavy (non-hydrogen) atoms. The first-order valence-corrected chi connectivity index (χ1v) is 8.79. The summed E-state index contributed by atoms with van der Waals surface area (Å²) < 4.78 is 0.612. The van der Waals surface area contributed by atoms with Gasteiger partial charge in [-0.3, -0.25) is 9.78 Å². The number of hydrogen-bond donors (Lipinski definition) is 3. The monoisotopic (exact) mass is 372 g/mol. The van der Waals surface area contributed by atoms with Crippen LogP contribution in [0.1, 0.15) is 20.8 Å². The van der Waals surface area contributed by atoms with Gasteiger partial charge in [0.05, 0.1) is 0 Å². The molecule has 2 aromatic heterocycles. The van der Waals surface area contributed by atoms with Gasteiger partial charge in [0.1, 0.15) is 10.4 Å². The molecule has 0 saturated carbocycles. The van der Waals surface area contributed by atoms with Crippen LogP contribution in [0.3, 0.4) is 0 Å². The maximum absolute atomic E-state index is 11.6. The number of hydrogen-bond acceptors (Lipinski definition) is 7. The van der Waals surface area contributed by atoms with E-state index >= 15 is 0 Å². The summed E-state index contributed by atoms with van der Waals surface area (Å²) in [5.74, 6) is 1.18. The quantitative estimate of drug-likeness (QED) is 0.251. The summed E-state index contributed by atoms with van der Waals surface area (Å²) in [5, 5.41) is 13.4. The number of anilines is 1. The molecule has 0 saturated heterocycles. The van der Waals surface area contributed by atoms with Crippen molar-refractivity contribution in [1.82, 2.24) is 15.0 Å². The fraction of sp³-hybridized carbons (Fsp3) is 0.267. The molecule has 0 bridgehead atoms. The number of nitrogens with one attached hydrogen (secondary N) is 2. The normalized spacial score (nSPS) is 11.3. The molecule has 1 aromatic carbocycles. The Morgan fingerprint density at radius 2 is 2.04 bits per heavy atom. The van der Waals surface area contributed by atoms with Crippen LogP contribution in [0.25, 0.3) is 10.3 Å². The fourth-order valence-electron chi connectivity index (χ4n) is 1.99. The van der Waals surface area contributed by atoms with E-state index in [9.17, 15) is 9.90 Å². The Balaban J connectivity index is 0.00000156. The third kappa shape index (κ3) is 5.05. The molecular weight excluding hydrogens is 355 g/mol. The van der Waals surface area contributed by atoms with Gasteiger partial charge in [-0.1, -0.05) is 53.4 Å². The average Bonchev–Trinajstić information content (AvgIpc) is 2.85. The fourth-order valence-corrected chi connectivity index (χ4v) is 3.51. The van der Waals surface area contributed by atoms with Crippen molar-refractivity contribution in [2.24, 2.45) is 0 Å². The standard InChI is InChI=1S/C15H16N4O2S2.Na.H/c1-15(2,21)19-12-10-11(18-14(20)23-10)16-13(17-12)22-8-9-6-4-3-5-7-9;;/h3-7,21H,8H2,1-2H3,(H2,16,17,18,19,20);;/q;+1;-1. The number of benzene rings is 1. The van der Waals surface area contributed by atoms with E-state index in [1.807, 2.05) is 30.3 Å². The summed E-state index contributed by atoms with van der Waals surface area (Å²) in [4.78, 5) is 22.9. The van der Waals surface area contributed by atoms with E-state index in [1.165, 1.54) is 11.8 Å². The number of fused-ring (bicyclic) bond motifs is 1. The SMILES string of the molecule is CC(C)(O)Nc1nc(SCc2ccccc2)nc2[nH]c(=O)sc12.[H-].[Na+]. The van der Waals surface area contributed by atoms with Gasteiger partial charge in [-0.25, -0.2) is 9.97 Å². The summed E-state index contributed by atoms with van der Waals surface area (Å²) in [5.41, 5.74) is 0.504. The second-order valence-corrected chi connectivity index (χ2v) is 7.43. The first-order chi connectivity index (χ1) is 10.9. The predicted molar refractivity (Wildman–Crippen MR) is 95.1 cm³/mol. The molecule has 3 N–H and O–H groups in total. The molecule has 0 fully saturated rings. The van der Waals surface area contributed by atoms with Crippen molar-refractivity contribution in [3.05, 3.63) is 45.6 Å². The number of nitrogens with zero attached hydrogens (tertiary/aromatic N) is 2. The number of aromatic nitrogens is 3. The Kier molecular flexibility index (Phi) is 6.46. The predicted octanol–water partition coefficient (Wildman–Crippen LogP) is -0.0713. The van der Waals surface area contributed by atoms with Gasteiger partial charge in [0.25, 0.3) is 0 Å². The van der Waals surface area contributed by atoms with Crippen LogP contribution in [0.4, 0.5) is 5.82 Å². The molecule has 0 aliphatic rings. The van der Waals surface area contributed by atoms with Crippen molar-refractivity contribution in [2.75, 3.05) is 5.32 Å². The van der Waals surface area contributed by atoms with Crippen LogP contribution in [0.5, 0.6) is 0 Å². The van der Waals surface area contributed by atoms with Crippen LogP contribution in [-0.2, 0) is 5.75 Å². The Morgan fingerprint density at radius 1 is 1.33 bits per heavy atom. The molecule has 3 rings (SSSR count). The number of rotatable bonds is 5. The zero-order valence-electron chi connectivity index (χ0n) is 14.7. The van der Waals surface area contributed by atoms with Gasteiger partial charge in [-0.15, -0.1) is 0 Å². The maximum Gasteiger partial charge on any atom is 1.00 e. The van der Waals surface area contributed by atoms with Gasteiger partial charge in [-0.2, -0.15) is 0 Å². The number of H-pyrrole nitrogens is 1. The second-order valence-electron chi connectivity index (χ2n) is 5.51. The topological polar surface area (TPSA) is 90.9 Å².